The van der Waals surface area contributed by atoms with E-state index in [-0.39, 0.29) is 23.8 Å². The van der Waals surface area contributed by atoms with E-state index in [2.05, 4.69) is 12.2 Å². The molecule has 2 aliphatic rings. The van der Waals surface area contributed by atoms with E-state index < -0.39 is 0 Å². The van der Waals surface area contributed by atoms with Gasteiger partial charge in [-0.05, 0) is 19.4 Å². The summed E-state index contributed by atoms with van der Waals surface area (Å²) in [4.78, 5) is 28.4. The molecule has 1 atom stereocenters. The fourth-order valence-electron chi connectivity index (χ4n) is 3.43. The highest BCUT2D eigenvalue weighted by molar-refractivity contribution is 5.84. The zero-order valence-electron chi connectivity index (χ0n) is 13.2. The number of nitrogens with one attached hydrogen (secondary N) is 1. The van der Waals surface area contributed by atoms with Crippen LogP contribution < -0.4 is 5.32 Å². The molecular weight excluding hydrogens is 270 g/mol. The predicted octanol–water partition coefficient (Wildman–Crippen LogP) is 0.0834. The van der Waals surface area contributed by atoms with Crippen LogP contribution in [0, 0.1) is 5.41 Å². The zero-order valence-corrected chi connectivity index (χ0v) is 13.2. The second-order valence-electron chi connectivity index (χ2n) is 6.06. The first-order valence-electron chi connectivity index (χ1n) is 7.90. The summed E-state index contributed by atoms with van der Waals surface area (Å²) in [7, 11) is 1.53. The summed E-state index contributed by atoms with van der Waals surface area (Å²) >= 11 is 0. The fraction of sp³-hybridized carbons (Fsp3) is 0.867. The molecule has 0 aromatic heterocycles. The van der Waals surface area contributed by atoms with Gasteiger partial charge in [-0.3, -0.25) is 9.59 Å². The standard InChI is InChI=1S/C15H27N3O3/c1-3-4-15(5-6-16-12-15)14(20)18-9-7-17(8-10-18)13(19)11-21-2/h16H,3-12H2,1-2H3. The Bertz CT molecular complexity index is 372. The van der Waals surface area contributed by atoms with Crippen LogP contribution in [0.4, 0.5) is 0 Å². The normalized spacial score (nSPS) is 26.2. The molecular formula is C15H27N3O3. The molecule has 1 N–H and O–H groups in total. The van der Waals surface area contributed by atoms with Crippen molar-refractivity contribution in [3.05, 3.63) is 0 Å². The molecule has 0 bridgehead atoms. The van der Waals surface area contributed by atoms with E-state index in [0.29, 0.717) is 26.2 Å². The maximum Gasteiger partial charge on any atom is 0.248 e. The Hall–Kier alpha value is -1.14. The second kappa shape index (κ2) is 7.22. The largest absolute Gasteiger partial charge is 0.375 e. The van der Waals surface area contributed by atoms with Gasteiger partial charge >= 0.3 is 0 Å². The average Bonchev–Trinajstić information content (AvgIpc) is 2.97. The molecule has 2 aliphatic heterocycles. The number of nitrogens with zero attached hydrogens (tertiary/aromatic N) is 2. The number of carbonyl (C=O) groups excluding carboxylic acids is 2. The van der Waals surface area contributed by atoms with Gasteiger partial charge in [-0.15, -0.1) is 0 Å². The lowest BCUT2D eigenvalue weighted by molar-refractivity contribution is -0.147. The third-order valence-electron chi connectivity index (χ3n) is 4.61. The van der Waals surface area contributed by atoms with Crippen molar-refractivity contribution in [2.75, 3.05) is 53.0 Å². The van der Waals surface area contributed by atoms with Gasteiger partial charge in [0.05, 0.1) is 5.41 Å². The van der Waals surface area contributed by atoms with Crippen LogP contribution in [0.5, 0.6) is 0 Å². The van der Waals surface area contributed by atoms with Crippen molar-refractivity contribution >= 4 is 11.8 Å². The summed E-state index contributed by atoms with van der Waals surface area (Å²) < 4.78 is 4.88. The molecule has 2 rings (SSSR count). The van der Waals surface area contributed by atoms with Gasteiger partial charge in [-0.1, -0.05) is 13.3 Å². The molecule has 6 heteroatoms. The van der Waals surface area contributed by atoms with Gasteiger partial charge in [0, 0.05) is 39.8 Å². The molecule has 1 unspecified atom stereocenters. The van der Waals surface area contributed by atoms with Gasteiger partial charge in [0.1, 0.15) is 6.61 Å². The molecule has 0 aliphatic carbocycles. The Kier molecular flexibility index (Phi) is 5.58. The van der Waals surface area contributed by atoms with Crippen molar-refractivity contribution in [3.63, 3.8) is 0 Å². The zero-order chi connectivity index (χ0) is 15.3. The number of hydrogen-bond acceptors (Lipinski definition) is 4. The summed E-state index contributed by atoms with van der Waals surface area (Å²) in [6.07, 6.45) is 2.91. The number of hydrogen-bond donors (Lipinski definition) is 1. The number of amides is 2. The molecule has 21 heavy (non-hydrogen) atoms. The Labute approximate surface area is 126 Å². The number of methoxy groups -OCH3 is 1. The smallest absolute Gasteiger partial charge is 0.248 e. The van der Waals surface area contributed by atoms with Crippen molar-refractivity contribution in [3.8, 4) is 0 Å². The van der Waals surface area contributed by atoms with E-state index in [1.54, 1.807) is 4.90 Å². The molecule has 0 spiro atoms. The summed E-state index contributed by atoms with van der Waals surface area (Å²) in [6.45, 7) is 6.49. The van der Waals surface area contributed by atoms with Gasteiger partial charge in [-0.2, -0.15) is 0 Å². The highest BCUT2D eigenvalue weighted by Gasteiger charge is 2.43. The lowest BCUT2D eigenvalue weighted by Gasteiger charge is -2.39. The van der Waals surface area contributed by atoms with Gasteiger partial charge in [-0.25, -0.2) is 0 Å². The van der Waals surface area contributed by atoms with Crippen LogP contribution in [-0.2, 0) is 14.3 Å². The van der Waals surface area contributed by atoms with Crippen LogP contribution >= 0.6 is 0 Å². The lowest BCUT2D eigenvalue weighted by atomic mass is 9.81. The lowest BCUT2D eigenvalue weighted by Crippen LogP contribution is -2.55. The van der Waals surface area contributed by atoms with Gasteiger partial charge < -0.3 is 19.9 Å². The highest BCUT2D eigenvalue weighted by Crippen LogP contribution is 2.33. The first kappa shape index (κ1) is 16.2. The Balaban J connectivity index is 1.92. The minimum Gasteiger partial charge on any atom is -0.375 e. The van der Waals surface area contributed by atoms with Crippen molar-refractivity contribution < 1.29 is 14.3 Å². The minimum absolute atomic E-state index is 0.00963. The molecule has 0 aromatic rings. The molecule has 2 amide bonds. The van der Waals surface area contributed by atoms with Crippen molar-refractivity contribution in [2.24, 2.45) is 5.41 Å². The Morgan fingerprint density at radius 2 is 1.86 bits per heavy atom. The monoisotopic (exact) mass is 297 g/mol. The van der Waals surface area contributed by atoms with Crippen molar-refractivity contribution in [2.45, 2.75) is 26.2 Å². The average molecular weight is 297 g/mol. The summed E-state index contributed by atoms with van der Waals surface area (Å²) in [5, 5.41) is 3.33. The summed E-state index contributed by atoms with van der Waals surface area (Å²) in [6, 6.07) is 0. The third kappa shape index (κ3) is 3.55. The van der Waals surface area contributed by atoms with Crippen LogP contribution in [0.25, 0.3) is 0 Å². The molecule has 120 valence electrons. The van der Waals surface area contributed by atoms with Gasteiger partial charge in [0.2, 0.25) is 11.8 Å². The number of carbonyl (C=O) groups is 2. The number of rotatable bonds is 5. The van der Waals surface area contributed by atoms with Crippen molar-refractivity contribution in [1.82, 2.24) is 15.1 Å². The maximum absolute atomic E-state index is 12.9. The summed E-state index contributed by atoms with van der Waals surface area (Å²) in [5.74, 6) is 0.281. The number of piperazine rings is 1. The third-order valence-corrected chi connectivity index (χ3v) is 4.61. The SMILES string of the molecule is CCCC1(C(=O)N2CCN(C(=O)COC)CC2)CCNC1. The molecule has 0 radical (unpaired) electrons. The Morgan fingerprint density at radius 1 is 1.19 bits per heavy atom. The quantitative estimate of drug-likeness (QED) is 0.781. The first-order chi connectivity index (χ1) is 10.1. The maximum atomic E-state index is 12.9. The molecule has 2 saturated heterocycles. The fourth-order valence-corrected chi connectivity index (χ4v) is 3.43. The number of ether oxygens (including phenoxy) is 1. The highest BCUT2D eigenvalue weighted by atomic mass is 16.5. The predicted molar refractivity (Wildman–Crippen MR) is 79.9 cm³/mol. The van der Waals surface area contributed by atoms with Crippen LogP contribution in [-0.4, -0.2) is 74.6 Å². The van der Waals surface area contributed by atoms with E-state index in [1.165, 1.54) is 7.11 Å². The van der Waals surface area contributed by atoms with E-state index in [0.717, 1.165) is 32.4 Å². The molecule has 0 aromatic carbocycles. The molecule has 6 nitrogen and oxygen atoms in total. The van der Waals surface area contributed by atoms with Crippen LogP contribution in [0.3, 0.4) is 0 Å². The summed E-state index contributed by atoms with van der Waals surface area (Å²) in [5.41, 5.74) is -0.215. The molecule has 2 heterocycles. The van der Waals surface area contributed by atoms with E-state index in [1.807, 2.05) is 4.90 Å². The van der Waals surface area contributed by atoms with Crippen molar-refractivity contribution in [1.29, 1.82) is 0 Å². The Morgan fingerprint density at radius 3 is 2.38 bits per heavy atom. The molecule has 2 fully saturated rings. The van der Waals surface area contributed by atoms with Gasteiger partial charge in [0.25, 0.3) is 0 Å². The first-order valence-corrected chi connectivity index (χ1v) is 7.90. The van der Waals surface area contributed by atoms with Crippen LogP contribution in [0.15, 0.2) is 0 Å². The van der Waals surface area contributed by atoms with E-state index in [4.69, 9.17) is 4.74 Å². The van der Waals surface area contributed by atoms with Crippen LogP contribution in [0.2, 0.25) is 0 Å². The van der Waals surface area contributed by atoms with E-state index >= 15 is 0 Å². The topological polar surface area (TPSA) is 61.9 Å². The van der Waals surface area contributed by atoms with E-state index in [9.17, 15) is 9.59 Å². The molecule has 0 saturated carbocycles. The van der Waals surface area contributed by atoms with Crippen LogP contribution in [0.1, 0.15) is 26.2 Å². The minimum atomic E-state index is -0.215. The second-order valence-corrected chi connectivity index (χ2v) is 6.06. The van der Waals surface area contributed by atoms with Gasteiger partial charge in [0.15, 0.2) is 0 Å².